The van der Waals surface area contributed by atoms with Crippen LogP contribution in [0.4, 0.5) is 17.6 Å². The Morgan fingerprint density at radius 1 is 1.37 bits per heavy atom. The molecule has 0 fully saturated rings. The first-order chi connectivity index (χ1) is 8.84. The topological polar surface area (TPSA) is 21.3 Å². The van der Waals surface area contributed by atoms with Gasteiger partial charge in [-0.05, 0) is 32.2 Å². The highest BCUT2D eigenvalue weighted by molar-refractivity contribution is 9.10. The number of benzene rings is 1. The van der Waals surface area contributed by atoms with Gasteiger partial charge in [0, 0.05) is 10.0 Å². The van der Waals surface area contributed by atoms with Crippen molar-refractivity contribution < 1.29 is 22.3 Å². The van der Waals surface area contributed by atoms with Crippen LogP contribution in [-0.4, -0.2) is 26.0 Å². The summed E-state index contributed by atoms with van der Waals surface area (Å²) in [5, 5.41) is 2.24. The van der Waals surface area contributed by atoms with Crippen molar-refractivity contribution >= 4 is 15.9 Å². The van der Waals surface area contributed by atoms with Crippen LogP contribution < -0.4 is 10.1 Å². The van der Waals surface area contributed by atoms with Crippen molar-refractivity contribution in [2.24, 2.45) is 0 Å². The Balaban J connectivity index is 3.27. The summed E-state index contributed by atoms with van der Waals surface area (Å²) in [5.74, 6) is -4.04. The van der Waals surface area contributed by atoms with E-state index in [1.54, 1.807) is 13.0 Å². The molecule has 0 bridgehead atoms. The fourth-order valence-electron chi connectivity index (χ4n) is 1.71. The summed E-state index contributed by atoms with van der Waals surface area (Å²) in [6, 6.07) is 2.59. The van der Waals surface area contributed by atoms with Gasteiger partial charge in [-0.3, -0.25) is 0 Å². The van der Waals surface area contributed by atoms with Crippen LogP contribution in [-0.2, 0) is 0 Å². The molecule has 1 rings (SSSR count). The van der Waals surface area contributed by atoms with Gasteiger partial charge in [0.05, 0.1) is 6.61 Å². The van der Waals surface area contributed by atoms with Crippen LogP contribution in [0, 0.1) is 0 Å². The molecule has 108 valence electrons. The van der Waals surface area contributed by atoms with E-state index in [-0.39, 0.29) is 17.9 Å². The predicted molar refractivity (Wildman–Crippen MR) is 68.1 cm³/mol. The molecule has 0 heterocycles. The van der Waals surface area contributed by atoms with Gasteiger partial charge in [-0.25, -0.2) is 8.78 Å². The molecule has 0 saturated carbocycles. The van der Waals surface area contributed by atoms with E-state index >= 15 is 0 Å². The largest absolute Gasteiger partial charge is 0.494 e. The number of hydrogen-bond acceptors (Lipinski definition) is 2. The first-order valence-corrected chi connectivity index (χ1v) is 6.39. The quantitative estimate of drug-likeness (QED) is 0.788. The number of rotatable bonds is 6. The second-order valence-electron chi connectivity index (χ2n) is 3.81. The Labute approximate surface area is 117 Å². The average molecular weight is 344 g/mol. The fourth-order valence-corrected chi connectivity index (χ4v) is 2.09. The summed E-state index contributed by atoms with van der Waals surface area (Å²) >= 11 is 3.13. The van der Waals surface area contributed by atoms with Crippen LogP contribution in [0.25, 0.3) is 0 Å². The zero-order valence-corrected chi connectivity index (χ0v) is 12.0. The molecule has 7 heteroatoms. The van der Waals surface area contributed by atoms with Gasteiger partial charge in [0.2, 0.25) is 0 Å². The average Bonchev–Trinajstić information content (AvgIpc) is 2.33. The Hall–Kier alpha value is -0.820. The second-order valence-corrected chi connectivity index (χ2v) is 4.73. The standard InChI is InChI=1S/C12H14BrF4NO/c1-3-19-9-5-4-7(13)6-8(9)10(18-2)12(16,17)11(14)15/h4-6,10-11,18H,3H2,1-2H3. The van der Waals surface area contributed by atoms with Gasteiger partial charge in [-0.15, -0.1) is 0 Å². The summed E-state index contributed by atoms with van der Waals surface area (Å²) in [6.45, 7) is 1.94. The summed E-state index contributed by atoms with van der Waals surface area (Å²) in [7, 11) is 1.21. The van der Waals surface area contributed by atoms with E-state index < -0.39 is 18.4 Å². The van der Waals surface area contributed by atoms with Crippen molar-refractivity contribution in [3.63, 3.8) is 0 Å². The van der Waals surface area contributed by atoms with Gasteiger partial charge in [-0.1, -0.05) is 15.9 Å². The van der Waals surface area contributed by atoms with Crippen LogP contribution >= 0.6 is 15.9 Å². The number of halogens is 5. The minimum absolute atomic E-state index is 0.0102. The minimum Gasteiger partial charge on any atom is -0.494 e. The molecule has 1 aromatic carbocycles. The van der Waals surface area contributed by atoms with Crippen molar-refractivity contribution in [2.75, 3.05) is 13.7 Å². The van der Waals surface area contributed by atoms with E-state index in [9.17, 15) is 17.6 Å². The molecule has 0 aromatic heterocycles. The monoisotopic (exact) mass is 343 g/mol. The highest BCUT2D eigenvalue weighted by Gasteiger charge is 2.49. The fraction of sp³-hybridized carbons (Fsp3) is 0.500. The Morgan fingerprint density at radius 3 is 2.47 bits per heavy atom. The first-order valence-electron chi connectivity index (χ1n) is 5.60. The normalized spacial score (nSPS) is 13.7. The summed E-state index contributed by atoms with van der Waals surface area (Å²) in [4.78, 5) is 0. The van der Waals surface area contributed by atoms with Gasteiger partial charge >= 0.3 is 12.3 Å². The predicted octanol–water partition coefficient (Wildman–Crippen LogP) is 4.01. The lowest BCUT2D eigenvalue weighted by Gasteiger charge is -2.27. The molecule has 0 aliphatic carbocycles. The molecule has 0 spiro atoms. The first kappa shape index (κ1) is 16.2. The second kappa shape index (κ2) is 6.56. The van der Waals surface area contributed by atoms with Crippen LogP contribution in [0.1, 0.15) is 18.5 Å². The van der Waals surface area contributed by atoms with E-state index in [2.05, 4.69) is 21.2 Å². The van der Waals surface area contributed by atoms with Gasteiger partial charge in [0.15, 0.2) is 0 Å². The maximum Gasteiger partial charge on any atom is 0.326 e. The van der Waals surface area contributed by atoms with E-state index in [1.165, 1.54) is 19.2 Å². The van der Waals surface area contributed by atoms with Gasteiger partial charge in [0.1, 0.15) is 11.8 Å². The third kappa shape index (κ3) is 3.60. The molecule has 1 N–H and O–H groups in total. The highest BCUT2D eigenvalue weighted by Crippen LogP contribution is 2.40. The van der Waals surface area contributed by atoms with Crippen LogP contribution in [0.5, 0.6) is 5.75 Å². The van der Waals surface area contributed by atoms with Crippen LogP contribution in [0.2, 0.25) is 0 Å². The molecular formula is C12H14BrF4NO. The lowest BCUT2D eigenvalue weighted by atomic mass is 10.00. The molecule has 19 heavy (non-hydrogen) atoms. The molecule has 1 unspecified atom stereocenters. The van der Waals surface area contributed by atoms with Crippen molar-refractivity contribution in [1.29, 1.82) is 0 Å². The summed E-state index contributed by atoms with van der Waals surface area (Å²) in [5.41, 5.74) is -0.0102. The molecule has 0 aliphatic heterocycles. The van der Waals surface area contributed by atoms with E-state index in [4.69, 9.17) is 4.74 Å². The Bertz CT molecular complexity index is 428. The zero-order chi connectivity index (χ0) is 14.6. The molecule has 0 aliphatic rings. The smallest absolute Gasteiger partial charge is 0.326 e. The molecule has 0 amide bonds. The van der Waals surface area contributed by atoms with Crippen LogP contribution in [0.3, 0.4) is 0 Å². The lowest BCUT2D eigenvalue weighted by Crippen LogP contribution is -2.41. The third-order valence-corrected chi connectivity index (χ3v) is 3.04. The van der Waals surface area contributed by atoms with Gasteiger partial charge in [0.25, 0.3) is 0 Å². The lowest BCUT2D eigenvalue weighted by molar-refractivity contribution is -0.150. The molecule has 2 nitrogen and oxygen atoms in total. The van der Waals surface area contributed by atoms with E-state index in [0.717, 1.165) is 0 Å². The van der Waals surface area contributed by atoms with Gasteiger partial charge < -0.3 is 10.1 Å². The minimum atomic E-state index is -4.19. The van der Waals surface area contributed by atoms with Crippen molar-refractivity contribution in [1.82, 2.24) is 5.32 Å². The Morgan fingerprint density at radius 2 is 2.00 bits per heavy atom. The molecule has 1 atom stereocenters. The zero-order valence-electron chi connectivity index (χ0n) is 10.4. The SMILES string of the molecule is CCOc1ccc(Br)cc1C(NC)C(F)(F)C(F)F. The summed E-state index contributed by atoms with van der Waals surface area (Å²) < 4.78 is 57.9. The summed E-state index contributed by atoms with van der Waals surface area (Å²) in [6.07, 6.45) is -3.77. The van der Waals surface area contributed by atoms with E-state index in [0.29, 0.717) is 4.47 Å². The molecule has 1 aromatic rings. The molecule has 0 saturated heterocycles. The van der Waals surface area contributed by atoms with Crippen LogP contribution in [0.15, 0.2) is 22.7 Å². The highest BCUT2D eigenvalue weighted by atomic mass is 79.9. The van der Waals surface area contributed by atoms with Gasteiger partial charge in [-0.2, -0.15) is 8.78 Å². The Kier molecular flexibility index (Phi) is 5.61. The van der Waals surface area contributed by atoms with Crippen molar-refractivity contribution in [3.8, 4) is 5.75 Å². The molecular weight excluding hydrogens is 330 g/mol. The third-order valence-electron chi connectivity index (χ3n) is 2.55. The van der Waals surface area contributed by atoms with E-state index in [1.807, 2.05) is 0 Å². The molecule has 0 radical (unpaired) electrons. The maximum atomic E-state index is 13.6. The number of nitrogens with one attached hydrogen (secondary N) is 1. The number of hydrogen-bond donors (Lipinski definition) is 1. The number of alkyl halides is 4. The van der Waals surface area contributed by atoms with Crippen molar-refractivity contribution in [3.05, 3.63) is 28.2 Å². The number of ether oxygens (including phenoxy) is 1. The van der Waals surface area contributed by atoms with Crippen molar-refractivity contribution in [2.45, 2.75) is 25.3 Å². The maximum absolute atomic E-state index is 13.6.